The Bertz CT molecular complexity index is 388. The fourth-order valence-corrected chi connectivity index (χ4v) is 2.22. The van der Waals surface area contributed by atoms with Crippen molar-refractivity contribution in [2.75, 3.05) is 27.2 Å². The second-order valence-corrected chi connectivity index (χ2v) is 6.33. The van der Waals surface area contributed by atoms with Gasteiger partial charge in [-0.2, -0.15) is 0 Å². The van der Waals surface area contributed by atoms with E-state index in [1.54, 1.807) is 0 Å². The average molecular weight is 279 g/mol. The predicted octanol–water partition coefficient (Wildman–Crippen LogP) is 2.24. The molecule has 0 aliphatic carbocycles. The topological polar surface area (TPSA) is 27.3 Å². The maximum absolute atomic E-state index is 5.30. The highest BCUT2D eigenvalue weighted by Gasteiger charge is 2.18. The Labute approximate surface area is 122 Å². The first kappa shape index (κ1) is 15.9. The summed E-state index contributed by atoms with van der Waals surface area (Å²) in [6, 6.07) is 10.3. The summed E-state index contributed by atoms with van der Waals surface area (Å²) < 4.78 is 0. The fraction of sp³-hybridized carbons (Fsp3) is 0.533. The van der Waals surface area contributed by atoms with Gasteiger partial charge in [-0.15, -0.1) is 0 Å². The van der Waals surface area contributed by atoms with E-state index in [1.165, 1.54) is 5.56 Å². The summed E-state index contributed by atoms with van der Waals surface area (Å²) in [5.41, 5.74) is 1.43. The molecule has 0 aliphatic rings. The number of rotatable bonds is 6. The molecule has 3 nitrogen and oxygen atoms in total. The zero-order valence-corrected chi connectivity index (χ0v) is 13.2. The molecular formula is C15H25N3S. The largest absolute Gasteiger partial charge is 0.362 e. The van der Waals surface area contributed by atoms with Crippen LogP contribution in [0.2, 0.25) is 0 Å². The molecule has 1 aromatic rings. The highest BCUT2D eigenvalue weighted by atomic mass is 32.1. The van der Waals surface area contributed by atoms with Crippen LogP contribution in [0.5, 0.6) is 0 Å². The van der Waals surface area contributed by atoms with Crippen LogP contribution in [0, 0.1) is 5.41 Å². The van der Waals surface area contributed by atoms with Gasteiger partial charge in [0.2, 0.25) is 0 Å². The number of hydrogen-bond acceptors (Lipinski definition) is 2. The van der Waals surface area contributed by atoms with Crippen LogP contribution >= 0.6 is 12.2 Å². The van der Waals surface area contributed by atoms with Crippen LogP contribution in [-0.2, 0) is 6.54 Å². The summed E-state index contributed by atoms with van der Waals surface area (Å²) in [6.45, 7) is 7.13. The Hall–Kier alpha value is -1.13. The Morgan fingerprint density at radius 1 is 1.16 bits per heavy atom. The number of nitrogens with zero attached hydrogens (tertiary/aromatic N) is 1. The quantitative estimate of drug-likeness (QED) is 0.781. The lowest BCUT2D eigenvalue weighted by atomic mass is 9.93. The molecule has 4 heteroatoms. The lowest BCUT2D eigenvalue weighted by molar-refractivity contribution is 0.241. The molecule has 0 atom stereocenters. The molecule has 0 fully saturated rings. The van der Waals surface area contributed by atoms with Gasteiger partial charge in [0.25, 0.3) is 0 Å². The highest BCUT2D eigenvalue weighted by Crippen LogP contribution is 2.13. The number of hydrogen-bond donors (Lipinski definition) is 2. The van der Waals surface area contributed by atoms with Gasteiger partial charge < -0.3 is 15.5 Å². The normalized spacial score (nSPS) is 11.4. The van der Waals surface area contributed by atoms with Crippen molar-refractivity contribution in [2.45, 2.75) is 20.4 Å². The van der Waals surface area contributed by atoms with Crippen molar-refractivity contribution in [1.82, 2.24) is 15.5 Å². The third kappa shape index (κ3) is 7.13. The van der Waals surface area contributed by atoms with Crippen LogP contribution in [0.3, 0.4) is 0 Å². The summed E-state index contributed by atoms with van der Waals surface area (Å²) in [5, 5.41) is 7.24. The van der Waals surface area contributed by atoms with Crippen LogP contribution in [0.1, 0.15) is 19.4 Å². The third-order valence-electron chi connectivity index (χ3n) is 2.77. The Balaban J connectivity index is 2.28. The lowest BCUT2D eigenvalue weighted by Crippen LogP contribution is -2.43. The van der Waals surface area contributed by atoms with E-state index in [1.807, 2.05) is 18.2 Å². The SMILES string of the molecule is CN(C)CC(C)(C)CNC(=S)NCc1ccccc1. The summed E-state index contributed by atoms with van der Waals surface area (Å²) in [5.74, 6) is 0. The van der Waals surface area contributed by atoms with Crippen molar-refractivity contribution in [2.24, 2.45) is 5.41 Å². The van der Waals surface area contributed by atoms with Crippen LogP contribution < -0.4 is 10.6 Å². The Kier molecular flexibility index (Phi) is 6.25. The van der Waals surface area contributed by atoms with Crippen molar-refractivity contribution in [3.8, 4) is 0 Å². The Morgan fingerprint density at radius 3 is 2.37 bits per heavy atom. The molecule has 2 N–H and O–H groups in total. The molecule has 0 saturated carbocycles. The van der Waals surface area contributed by atoms with E-state index < -0.39 is 0 Å². The van der Waals surface area contributed by atoms with Crippen molar-refractivity contribution in [3.05, 3.63) is 35.9 Å². The minimum atomic E-state index is 0.196. The summed E-state index contributed by atoms with van der Waals surface area (Å²) in [6.07, 6.45) is 0. The fourth-order valence-electron chi connectivity index (χ4n) is 2.07. The van der Waals surface area contributed by atoms with Crippen molar-refractivity contribution >= 4 is 17.3 Å². The smallest absolute Gasteiger partial charge is 0.166 e. The van der Waals surface area contributed by atoms with Crippen LogP contribution in [-0.4, -0.2) is 37.2 Å². The molecule has 0 aliphatic heterocycles. The minimum absolute atomic E-state index is 0.196. The second kappa shape index (κ2) is 7.46. The van der Waals surface area contributed by atoms with Crippen LogP contribution in [0.4, 0.5) is 0 Å². The van der Waals surface area contributed by atoms with Crippen LogP contribution in [0.15, 0.2) is 30.3 Å². The molecule has 0 spiro atoms. The molecule has 1 rings (SSSR count). The van der Waals surface area contributed by atoms with Gasteiger partial charge in [0.15, 0.2) is 5.11 Å². The van der Waals surface area contributed by atoms with E-state index in [-0.39, 0.29) is 5.41 Å². The van der Waals surface area contributed by atoms with E-state index >= 15 is 0 Å². The van der Waals surface area contributed by atoms with E-state index in [2.05, 4.69) is 55.6 Å². The molecule has 0 saturated heterocycles. The lowest BCUT2D eigenvalue weighted by Gasteiger charge is -2.29. The van der Waals surface area contributed by atoms with Crippen molar-refractivity contribution in [1.29, 1.82) is 0 Å². The third-order valence-corrected chi connectivity index (χ3v) is 3.06. The van der Waals surface area contributed by atoms with Gasteiger partial charge in [0.1, 0.15) is 0 Å². The van der Waals surface area contributed by atoms with E-state index in [4.69, 9.17) is 12.2 Å². The van der Waals surface area contributed by atoms with E-state index in [0.717, 1.165) is 24.7 Å². The average Bonchev–Trinajstić information content (AvgIpc) is 2.34. The van der Waals surface area contributed by atoms with Gasteiger partial charge in [-0.05, 0) is 37.3 Å². The van der Waals surface area contributed by atoms with E-state index in [0.29, 0.717) is 0 Å². The molecule has 0 bridgehead atoms. The number of thiocarbonyl (C=S) groups is 1. The first-order valence-corrected chi connectivity index (χ1v) is 7.00. The van der Waals surface area contributed by atoms with Gasteiger partial charge in [0.05, 0.1) is 0 Å². The Morgan fingerprint density at radius 2 is 1.79 bits per heavy atom. The zero-order valence-electron chi connectivity index (χ0n) is 12.4. The molecule has 0 aromatic heterocycles. The molecule has 1 aromatic carbocycles. The summed E-state index contributed by atoms with van der Waals surface area (Å²) in [4.78, 5) is 2.20. The summed E-state index contributed by atoms with van der Waals surface area (Å²) >= 11 is 5.30. The van der Waals surface area contributed by atoms with Gasteiger partial charge in [-0.1, -0.05) is 44.2 Å². The maximum Gasteiger partial charge on any atom is 0.166 e. The van der Waals surface area contributed by atoms with Gasteiger partial charge >= 0.3 is 0 Å². The van der Waals surface area contributed by atoms with Crippen molar-refractivity contribution < 1.29 is 0 Å². The minimum Gasteiger partial charge on any atom is -0.362 e. The van der Waals surface area contributed by atoms with Gasteiger partial charge in [0, 0.05) is 19.6 Å². The molecule has 106 valence electrons. The monoisotopic (exact) mass is 279 g/mol. The number of benzene rings is 1. The first-order chi connectivity index (χ1) is 8.89. The molecule has 19 heavy (non-hydrogen) atoms. The predicted molar refractivity (Wildman–Crippen MR) is 86.2 cm³/mol. The molecule has 0 amide bonds. The van der Waals surface area contributed by atoms with Gasteiger partial charge in [-0.3, -0.25) is 0 Å². The van der Waals surface area contributed by atoms with Gasteiger partial charge in [-0.25, -0.2) is 0 Å². The van der Waals surface area contributed by atoms with Crippen LogP contribution in [0.25, 0.3) is 0 Å². The zero-order chi connectivity index (χ0) is 14.3. The molecule has 0 heterocycles. The maximum atomic E-state index is 5.30. The summed E-state index contributed by atoms with van der Waals surface area (Å²) in [7, 11) is 4.18. The first-order valence-electron chi connectivity index (χ1n) is 6.59. The highest BCUT2D eigenvalue weighted by molar-refractivity contribution is 7.80. The molecule has 0 unspecified atom stereocenters. The standard InChI is InChI=1S/C15H25N3S/c1-15(2,12-18(3)4)11-17-14(19)16-10-13-8-6-5-7-9-13/h5-9H,10-12H2,1-4H3,(H2,16,17,19). The second-order valence-electron chi connectivity index (χ2n) is 5.92. The number of nitrogens with one attached hydrogen (secondary N) is 2. The molecular weight excluding hydrogens is 254 g/mol. The van der Waals surface area contributed by atoms with Crippen molar-refractivity contribution in [3.63, 3.8) is 0 Å². The van der Waals surface area contributed by atoms with E-state index in [9.17, 15) is 0 Å². The molecule has 0 radical (unpaired) electrons.